The fraction of sp³-hybridized carbons (Fsp3) is 0.579. The van der Waals surface area contributed by atoms with Crippen molar-refractivity contribution in [1.29, 1.82) is 0 Å². The summed E-state index contributed by atoms with van der Waals surface area (Å²) in [6.45, 7) is 1.06. The molecule has 0 heterocycles. The molecule has 1 fully saturated rings. The summed E-state index contributed by atoms with van der Waals surface area (Å²) in [6.07, 6.45) is 0.901. The molecule has 1 aliphatic carbocycles. The van der Waals surface area contributed by atoms with Gasteiger partial charge in [0.15, 0.2) is 0 Å². The predicted octanol–water partition coefficient (Wildman–Crippen LogP) is 1.08. The van der Waals surface area contributed by atoms with Crippen molar-refractivity contribution < 1.29 is 34.4 Å². The Hall–Kier alpha value is -1.96. The van der Waals surface area contributed by atoms with E-state index in [1.807, 2.05) is 12.1 Å². The molecule has 0 radical (unpaired) electrons. The molecular formula is C19H28O7. The first kappa shape index (κ1) is 22.1. The van der Waals surface area contributed by atoms with Crippen LogP contribution in [-0.2, 0) is 9.59 Å². The Bertz CT molecular complexity index is 584. The second-order valence-corrected chi connectivity index (χ2v) is 6.75. The summed E-state index contributed by atoms with van der Waals surface area (Å²) in [6, 6.07) is 5.47. The molecular weight excluding hydrogens is 340 g/mol. The predicted molar refractivity (Wildman–Crippen MR) is 95.5 cm³/mol. The molecule has 0 unspecified atom stereocenters. The first-order valence-electron chi connectivity index (χ1n) is 8.40. The van der Waals surface area contributed by atoms with Crippen molar-refractivity contribution in [2.75, 3.05) is 34.0 Å². The highest BCUT2D eigenvalue weighted by molar-refractivity contribution is 6.02. The van der Waals surface area contributed by atoms with Gasteiger partial charge in [0.05, 0.1) is 40.5 Å². The number of benzene rings is 1. The second-order valence-electron chi connectivity index (χ2n) is 6.75. The summed E-state index contributed by atoms with van der Waals surface area (Å²) in [5.41, 5.74) is 0.194. The molecule has 7 heteroatoms. The van der Waals surface area contributed by atoms with E-state index in [0.29, 0.717) is 24.3 Å². The quantitative estimate of drug-likeness (QED) is 0.644. The lowest BCUT2D eigenvalue weighted by molar-refractivity contribution is -0.130. The SMILES string of the molecule is CC(CO)(CO)CO.COc1ccc(C2CC(=O)CC(=O)C2)c(OC)c1. The highest BCUT2D eigenvalue weighted by atomic mass is 16.5. The second kappa shape index (κ2) is 10.3. The average molecular weight is 368 g/mol. The molecule has 3 N–H and O–H groups in total. The van der Waals surface area contributed by atoms with Gasteiger partial charge >= 0.3 is 0 Å². The Morgan fingerprint density at radius 2 is 1.54 bits per heavy atom. The van der Waals surface area contributed by atoms with Crippen LogP contribution in [0.2, 0.25) is 0 Å². The molecule has 0 aromatic heterocycles. The Balaban J connectivity index is 0.000000359. The summed E-state index contributed by atoms with van der Waals surface area (Å²) in [5.74, 6) is 1.31. The van der Waals surface area contributed by atoms with Gasteiger partial charge in [-0.05, 0) is 11.6 Å². The van der Waals surface area contributed by atoms with E-state index in [-0.39, 0.29) is 43.7 Å². The molecule has 1 saturated carbocycles. The summed E-state index contributed by atoms with van der Waals surface area (Å²) in [4.78, 5) is 23.0. The van der Waals surface area contributed by atoms with Gasteiger partial charge in [-0.15, -0.1) is 0 Å². The van der Waals surface area contributed by atoms with Gasteiger partial charge in [-0.25, -0.2) is 0 Å². The topological polar surface area (TPSA) is 113 Å². The van der Waals surface area contributed by atoms with Crippen LogP contribution in [-0.4, -0.2) is 60.9 Å². The summed E-state index contributed by atoms with van der Waals surface area (Å²) < 4.78 is 10.4. The Morgan fingerprint density at radius 1 is 1.00 bits per heavy atom. The molecule has 0 bridgehead atoms. The molecule has 26 heavy (non-hydrogen) atoms. The van der Waals surface area contributed by atoms with Crippen LogP contribution in [0.15, 0.2) is 18.2 Å². The largest absolute Gasteiger partial charge is 0.497 e. The maximum Gasteiger partial charge on any atom is 0.140 e. The molecule has 1 aromatic rings. The molecule has 7 nitrogen and oxygen atoms in total. The molecule has 0 atom stereocenters. The maximum absolute atomic E-state index is 11.5. The molecule has 0 spiro atoms. The normalized spacial score (nSPS) is 15.3. The first-order chi connectivity index (χ1) is 12.3. The number of hydrogen-bond donors (Lipinski definition) is 3. The van der Waals surface area contributed by atoms with Crippen LogP contribution in [0.5, 0.6) is 11.5 Å². The molecule has 2 rings (SSSR count). The third kappa shape index (κ3) is 6.09. The smallest absolute Gasteiger partial charge is 0.140 e. The Kier molecular flexibility index (Phi) is 8.71. The van der Waals surface area contributed by atoms with Gasteiger partial charge in [0.2, 0.25) is 0 Å². The molecule has 0 aliphatic heterocycles. The van der Waals surface area contributed by atoms with E-state index in [4.69, 9.17) is 24.8 Å². The lowest BCUT2D eigenvalue weighted by Gasteiger charge is -2.22. The van der Waals surface area contributed by atoms with Crippen molar-refractivity contribution in [3.8, 4) is 11.5 Å². The summed E-state index contributed by atoms with van der Waals surface area (Å²) in [7, 11) is 3.16. The molecule has 1 aromatic carbocycles. The standard InChI is InChI=1S/C14H16O4.C5H12O3/c1-17-12-3-4-13(14(8-12)18-2)9-5-10(15)7-11(16)6-9;1-5(2-6,3-7)4-8/h3-4,8-9H,5-7H2,1-2H3;6-8H,2-4H2,1H3. The van der Waals surface area contributed by atoms with Crippen LogP contribution in [0, 0.1) is 5.41 Å². The van der Waals surface area contributed by atoms with Crippen molar-refractivity contribution in [2.45, 2.75) is 32.1 Å². The number of Topliss-reactive ketones (excluding diaryl/α,β-unsaturated/α-hetero) is 2. The van der Waals surface area contributed by atoms with Crippen LogP contribution in [0.25, 0.3) is 0 Å². The zero-order valence-electron chi connectivity index (χ0n) is 15.5. The summed E-state index contributed by atoms with van der Waals surface area (Å²) in [5, 5.41) is 25.4. The van der Waals surface area contributed by atoms with Gasteiger partial charge in [0.1, 0.15) is 23.1 Å². The van der Waals surface area contributed by atoms with E-state index >= 15 is 0 Å². The Labute approximate surface area is 153 Å². The zero-order valence-corrected chi connectivity index (χ0v) is 15.5. The highest BCUT2D eigenvalue weighted by Crippen LogP contribution is 2.36. The van der Waals surface area contributed by atoms with E-state index in [9.17, 15) is 9.59 Å². The molecule has 0 saturated heterocycles. The fourth-order valence-electron chi connectivity index (χ4n) is 2.51. The van der Waals surface area contributed by atoms with Gasteiger partial charge < -0.3 is 24.8 Å². The van der Waals surface area contributed by atoms with Crippen molar-refractivity contribution >= 4 is 11.6 Å². The lowest BCUT2D eigenvalue weighted by atomic mass is 9.82. The number of carbonyl (C=O) groups is 2. The van der Waals surface area contributed by atoms with E-state index in [1.54, 1.807) is 27.2 Å². The molecule has 146 valence electrons. The van der Waals surface area contributed by atoms with Gasteiger partial charge in [-0.1, -0.05) is 13.0 Å². The van der Waals surface area contributed by atoms with Gasteiger partial charge in [0, 0.05) is 30.2 Å². The number of carbonyl (C=O) groups excluding carboxylic acids is 2. The summed E-state index contributed by atoms with van der Waals surface area (Å²) >= 11 is 0. The fourth-order valence-corrected chi connectivity index (χ4v) is 2.51. The lowest BCUT2D eigenvalue weighted by Crippen LogP contribution is -2.29. The van der Waals surface area contributed by atoms with Crippen molar-refractivity contribution in [1.82, 2.24) is 0 Å². The van der Waals surface area contributed by atoms with Gasteiger partial charge in [0.25, 0.3) is 0 Å². The monoisotopic (exact) mass is 368 g/mol. The van der Waals surface area contributed by atoms with Crippen molar-refractivity contribution in [2.24, 2.45) is 5.41 Å². The molecule has 0 amide bonds. The van der Waals surface area contributed by atoms with Crippen LogP contribution < -0.4 is 9.47 Å². The van der Waals surface area contributed by atoms with Crippen LogP contribution in [0.1, 0.15) is 37.7 Å². The van der Waals surface area contributed by atoms with Crippen molar-refractivity contribution in [3.63, 3.8) is 0 Å². The van der Waals surface area contributed by atoms with E-state index in [0.717, 1.165) is 5.56 Å². The minimum Gasteiger partial charge on any atom is -0.497 e. The minimum atomic E-state index is -0.708. The number of aliphatic hydroxyl groups is 3. The number of aliphatic hydroxyl groups excluding tert-OH is 3. The zero-order chi connectivity index (χ0) is 19.7. The molecule has 1 aliphatic rings. The van der Waals surface area contributed by atoms with Gasteiger partial charge in [-0.3, -0.25) is 9.59 Å². The van der Waals surface area contributed by atoms with E-state index in [1.165, 1.54) is 0 Å². The van der Waals surface area contributed by atoms with Crippen LogP contribution in [0.4, 0.5) is 0 Å². The number of rotatable bonds is 6. The number of ether oxygens (including phenoxy) is 2. The third-order valence-corrected chi connectivity index (χ3v) is 4.37. The maximum atomic E-state index is 11.5. The van der Waals surface area contributed by atoms with E-state index in [2.05, 4.69) is 0 Å². The Morgan fingerprint density at radius 3 is 1.92 bits per heavy atom. The average Bonchev–Trinajstić information content (AvgIpc) is 2.66. The van der Waals surface area contributed by atoms with Crippen LogP contribution >= 0.6 is 0 Å². The number of ketones is 2. The first-order valence-corrected chi connectivity index (χ1v) is 8.40. The highest BCUT2D eigenvalue weighted by Gasteiger charge is 2.28. The van der Waals surface area contributed by atoms with Gasteiger partial charge in [-0.2, -0.15) is 0 Å². The van der Waals surface area contributed by atoms with E-state index < -0.39 is 5.41 Å². The van der Waals surface area contributed by atoms with Crippen LogP contribution in [0.3, 0.4) is 0 Å². The number of methoxy groups -OCH3 is 2. The van der Waals surface area contributed by atoms with Crippen molar-refractivity contribution in [3.05, 3.63) is 23.8 Å². The minimum absolute atomic E-state index is 0.00845. The third-order valence-electron chi connectivity index (χ3n) is 4.37. The number of hydrogen-bond acceptors (Lipinski definition) is 7.